The summed E-state index contributed by atoms with van der Waals surface area (Å²) in [7, 11) is -3.63. The average Bonchev–Trinajstić information content (AvgIpc) is 3.15. The fourth-order valence-corrected chi connectivity index (χ4v) is 5.59. The number of hydrogen-bond acceptors (Lipinski definition) is 9. The van der Waals surface area contributed by atoms with Crippen molar-refractivity contribution in [2.45, 2.75) is 16.2 Å². The first-order valence-electron chi connectivity index (χ1n) is 8.42. The van der Waals surface area contributed by atoms with Gasteiger partial charge in [-0.2, -0.15) is 4.31 Å². The maximum atomic E-state index is 12.7. The van der Waals surface area contributed by atoms with Gasteiger partial charge in [-0.05, 0) is 17.9 Å². The maximum absolute atomic E-state index is 12.7. The van der Waals surface area contributed by atoms with E-state index in [1.165, 1.54) is 27.8 Å². The van der Waals surface area contributed by atoms with Gasteiger partial charge in [0.05, 0.1) is 24.7 Å². The van der Waals surface area contributed by atoms with Crippen molar-refractivity contribution in [2.24, 2.45) is 0 Å². The summed E-state index contributed by atoms with van der Waals surface area (Å²) in [6, 6.07) is 6.13. The molecule has 0 atom stereocenters. The minimum absolute atomic E-state index is 0.0203. The summed E-state index contributed by atoms with van der Waals surface area (Å²) in [6.07, 6.45) is 0. The van der Waals surface area contributed by atoms with Crippen LogP contribution in [-0.2, 0) is 14.8 Å². The number of ether oxygens (including phenoxy) is 1. The summed E-state index contributed by atoms with van der Waals surface area (Å²) >= 11 is 2.97. The zero-order valence-electron chi connectivity index (χ0n) is 14.8. The Morgan fingerprint density at radius 3 is 2.85 bits per heavy atom. The van der Waals surface area contributed by atoms with E-state index in [-0.39, 0.29) is 17.2 Å². The van der Waals surface area contributed by atoms with Crippen LogP contribution >= 0.6 is 23.1 Å². The Kier molecular flexibility index (Phi) is 6.82. The normalized spacial score (nSPS) is 15.6. The van der Waals surface area contributed by atoms with Crippen LogP contribution in [-0.4, -0.2) is 67.3 Å². The van der Waals surface area contributed by atoms with Gasteiger partial charge in [-0.25, -0.2) is 8.42 Å². The van der Waals surface area contributed by atoms with Gasteiger partial charge in [0.15, 0.2) is 10.1 Å². The molecule has 27 heavy (non-hydrogen) atoms. The summed E-state index contributed by atoms with van der Waals surface area (Å²) in [5, 5.41) is 11.5. The summed E-state index contributed by atoms with van der Waals surface area (Å²) in [6.45, 7) is 3.44. The number of Topliss-reactive ketones (excluding diaryl/α,β-unsaturated/α-hetero) is 1. The van der Waals surface area contributed by atoms with Gasteiger partial charge in [-0.1, -0.05) is 42.2 Å². The second-order valence-corrected chi connectivity index (χ2v) is 10.1. The first-order valence-corrected chi connectivity index (χ1v) is 11.7. The monoisotopic (exact) mass is 428 g/mol. The molecule has 3 rings (SSSR count). The van der Waals surface area contributed by atoms with E-state index in [1.54, 1.807) is 23.9 Å². The fourth-order valence-electron chi connectivity index (χ4n) is 2.49. The van der Waals surface area contributed by atoms with Gasteiger partial charge in [-0.3, -0.25) is 4.79 Å². The molecule has 11 heteroatoms. The largest absolute Gasteiger partial charge is 0.379 e. The minimum atomic E-state index is -3.63. The van der Waals surface area contributed by atoms with Crippen molar-refractivity contribution >= 4 is 44.0 Å². The standard InChI is InChI=1S/C16H20N4O4S3/c1-2-25-16-19-18-15(26-16)17-11-14(21)12-4-3-5-13(10-12)27(22,23)20-6-8-24-9-7-20/h3-5,10H,2,6-9,11H2,1H3,(H,17,18). The van der Waals surface area contributed by atoms with Crippen LogP contribution in [0.4, 0.5) is 5.13 Å². The Balaban J connectivity index is 1.67. The highest BCUT2D eigenvalue weighted by molar-refractivity contribution is 8.01. The van der Waals surface area contributed by atoms with E-state index in [1.807, 2.05) is 6.92 Å². The Hall–Kier alpha value is -1.53. The number of ketones is 1. The van der Waals surface area contributed by atoms with E-state index in [9.17, 15) is 13.2 Å². The minimum Gasteiger partial charge on any atom is -0.379 e. The van der Waals surface area contributed by atoms with Crippen LogP contribution in [0.2, 0.25) is 0 Å². The summed E-state index contributed by atoms with van der Waals surface area (Å²) in [5.41, 5.74) is 0.338. The molecule has 1 aliphatic rings. The molecule has 2 heterocycles. The summed E-state index contributed by atoms with van der Waals surface area (Å²) in [5.74, 6) is 0.687. The number of morpholine rings is 1. The predicted octanol–water partition coefficient (Wildman–Crippen LogP) is 1.97. The molecule has 1 saturated heterocycles. The van der Waals surface area contributed by atoms with Crippen LogP contribution in [0.15, 0.2) is 33.5 Å². The van der Waals surface area contributed by atoms with E-state index < -0.39 is 10.0 Å². The zero-order valence-corrected chi connectivity index (χ0v) is 17.2. The summed E-state index contributed by atoms with van der Waals surface area (Å²) < 4.78 is 32.9. The van der Waals surface area contributed by atoms with E-state index in [4.69, 9.17) is 4.74 Å². The molecule has 0 saturated carbocycles. The third-order valence-corrected chi connectivity index (χ3v) is 7.63. The number of sulfonamides is 1. The molecule has 0 bridgehead atoms. The van der Waals surface area contributed by atoms with Crippen LogP contribution in [0.3, 0.4) is 0 Å². The molecule has 1 aromatic carbocycles. The van der Waals surface area contributed by atoms with Crippen molar-refractivity contribution in [3.05, 3.63) is 29.8 Å². The van der Waals surface area contributed by atoms with Gasteiger partial charge in [-0.15, -0.1) is 10.2 Å². The molecule has 1 fully saturated rings. The fraction of sp³-hybridized carbons (Fsp3) is 0.438. The number of anilines is 1. The van der Waals surface area contributed by atoms with Crippen molar-refractivity contribution in [1.29, 1.82) is 0 Å². The molecule has 0 radical (unpaired) electrons. The first kappa shape index (κ1) is 20.2. The van der Waals surface area contributed by atoms with Gasteiger partial charge >= 0.3 is 0 Å². The lowest BCUT2D eigenvalue weighted by Crippen LogP contribution is -2.40. The second kappa shape index (κ2) is 9.11. The molecule has 0 amide bonds. The first-order chi connectivity index (χ1) is 13.0. The number of aromatic nitrogens is 2. The molecule has 0 spiro atoms. The molecule has 0 aliphatic carbocycles. The molecule has 146 valence electrons. The van der Waals surface area contributed by atoms with Crippen molar-refractivity contribution in [2.75, 3.05) is 43.9 Å². The Bertz CT molecular complexity index is 895. The van der Waals surface area contributed by atoms with Crippen molar-refractivity contribution < 1.29 is 17.9 Å². The Morgan fingerprint density at radius 2 is 2.11 bits per heavy atom. The van der Waals surface area contributed by atoms with Gasteiger partial charge in [0.1, 0.15) is 0 Å². The Morgan fingerprint density at radius 1 is 1.33 bits per heavy atom. The lowest BCUT2D eigenvalue weighted by Gasteiger charge is -2.26. The van der Waals surface area contributed by atoms with Crippen molar-refractivity contribution in [1.82, 2.24) is 14.5 Å². The predicted molar refractivity (Wildman–Crippen MR) is 105 cm³/mol. The second-order valence-electron chi connectivity index (χ2n) is 5.63. The van der Waals surface area contributed by atoms with Gasteiger partial charge in [0.25, 0.3) is 0 Å². The molecule has 1 aromatic heterocycles. The zero-order chi connectivity index (χ0) is 19.3. The van der Waals surface area contributed by atoms with E-state index in [2.05, 4.69) is 15.5 Å². The molecule has 0 unspecified atom stereocenters. The number of hydrogen-bond donors (Lipinski definition) is 1. The van der Waals surface area contributed by atoms with Gasteiger partial charge in [0.2, 0.25) is 15.2 Å². The third kappa shape index (κ3) is 5.05. The lowest BCUT2D eigenvalue weighted by atomic mass is 10.1. The molecule has 1 N–H and O–H groups in total. The van der Waals surface area contributed by atoms with Crippen molar-refractivity contribution in [3.63, 3.8) is 0 Å². The summed E-state index contributed by atoms with van der Waals surface area (Å²) in [4.78, 5) is 12.6. The van der Waals surface area contributed by atoms with E-state index in [0.717, 1.165) is 10.1 Å². The van der Waals surface area contributed by atoms with Crippen molar-refractivity contribution in [3.8, 4) is 0 Å². The van der Waals surface area contributed by atoms with Crippen LogP contribution < -0.4 is 5.32 Å². The SMILES string of the molecule is CCSc1nnc(NCC(=O)c2cccc(S(=O)(=O)N3CCOCC3)c2)s1. The topological polar surface area (TPSA) is 101 Å². The smallest absolute Gasteiger partial charge is 0.243 e. The molecule has 8 nitrogen and oxygen atoms in total. The molecule has 2 aromatic rings. The number of benzene rings is 1. The average molecular weight is 429 g/mol. The number of nitrogens with zero attached hydrogens (tertiary/aromatic N) is 3. The highest BCUT2D eigenvalue weighted by atomic mass is 32.2. The van der Waals surface area contributed by atoms with Gasteiger partial charge in [0, 0.05) is 18.7 Å². The van der Waals surface area contributed by atoms with E-state index in [0.29, 0.717) is 37.0 Å². The lowest BCUT2D eigenvalue weighted by molar-refractivity contribution is 0.0730. The van der Waals surface area contributed by atoms with Crippen LogP contribution in [0.1, 0.15) is 17.3 Å². The maximum Gasteiger partial charge on any atom is 0.243 e. The third-order valence-electron chi connectivity index (χ3n) is 3.84. The number of thioether (sulfide) groups is 1. The number of carbonyl (C=O) groups excluding carboxylic acids is 1. The van der Waals surface area contributed by atoms with Crippen LogP contribution in [0.25, 0.3) is 0 Å². The number of nitrogens with one attached hydrogen (secondary N) is 1. The molecular formula is C16H20N4O4S3. The Labute approximate surface area is 166 Å². The van der Waals surface area contributed by atoms with E-state index >= 15 is 0 Å². The van der Waals surface area contributed by atoms with Crippen LogP contribution in [0.5, 0.6) is 0 Å². The van der Waals surface area contributed by atoms with Gasteiger partial charge < -0.3 is 10.1 Å². The number of carbonyl (C=O) groups is 1. The highest BCUT2D eigenvalue weighted by Gasteiger charge is 2.26. The quantitative estimate of drug-likeness (QED) is 0.503. The highest BCUT2D eigenvalue weighted by Crippen LogP contribution is 2.25. The number of rotatable bonds is 8. The molecule has 1 aliphatic heterocycles. The molecular weight excluding hydrogens is 408 g/mol. The van der Waals surface area contributed by atoms with Crippen LogP contribution in [0, 0.1) is 0 Å².